The van der Waals surface area contributed by atoms with E-state index in [0.29, 0.717) is 6.61 Å². The Morgan fingerprint density at radius 2 is 1.90 bits per heavy atom. The van der Waals surface area contributed by atoms with Crippen molar-refractivity contribution in [1.29, 1.82) is 0 Å². The van der Waals surface area contributed by atoms with E-state index in [9.17, 15) is 10.2 Å². The van der Waals surface area contributed by atoms with Gasteiger partial charge in [0.25, 0.3) is 0 Å². The lowest BCUT2D eigenvalue weighted by Gasteiger charge is -2.20. The van der Waals surface area contributed by atoms with E-state index >= 15 is 0 Å². The van der Waals surface area contributed by atoms with Crippen molar-refractivity contribution >= 4 is 0 Å². The number of rotatable bonds is 10. The highest BCUT2D eigenvalue weighted by molar-refractivity contribution is 4.91. The molecule has 5 atom stereocenters. The Bertz CT molecular complexity index is 250. The number of unbranched alkanes of at least 4 members (excludes halogenated alkanes) is 4. The van der Waals surface area contributed by atoms with E-state index < -0.39 is 37.3 Å². The number of ether oxygens (including phenoxy) is 3. The normalized spacial score (nSPS) is 31.6. The molecule has 1 aliphatic heterocycles. The van der Waals surface area contributed by atoms with Crippen LogP contribution in [0.3, 0.4) is 0 Å². The van der Waals surface area contributed by atoms with Crippen molar-refractivity contribution in [2.45, 2.75) is 69.7 Å². The summed E-state index contributed by atoms with van der Waals surface area (Å²) in [5.74, 6) is 0. The number of hydrogen-bond acceptors (Lipinski definition) is 6. The predicted molar refractivity (Wildman–Crippen MR) is 73.3 cm³/mol. The van der Waals surface area contributed by atoms with Crippen LogP contribution in [0.25, 0.3) is 0 Å². The van der Waals surface area contributed by atoms with Crippen LogP contribution in [-0.2, 0) is 14.2 Å². The first-order valence-corrected chi connectivity index (χ1v) is 7.42. The van der Waals surface area contributed by atoms with Gasteiger partial charge < -0.3 is 29.5 Å². The van der Waals surface area contributed by atoms with Crippen LogP contribution >= 0.6 is 0 Å². The zero-order valence-corrected chi connectivity index (χ0v) is 12.4. The van der Waals surface area contributed by atoms with Gasteiger partial charge in [-0.15, -0.1) is 0 Å². The molecule has 1 fully saturated rings. The Labute approximate surface area is 120 Å². The van der Waals surface area contributed by atoms with Gasteiger partial charge in [-0.25, -0.2) is 0 Å². The lowest BCUT2D eigenvalue weighted by Crippen LogP contribution is -2.41. The van der Waals surface area contributed by atoms with E-state index in [1.165, 1.54) is 26.4 Å². The van der Waals surface area contributed by atoms with Crippen LogP contribution < -0.4 is 0 Å². The van der Waals surface area contributed by atoms with Crippen molar-refractivity contribution in [2.24, 2.45) is 0 Å². The van der Waals surface area contributed by atoms with Crippen LogP contribution in [0.4, 0.5) is 0 Å². The quantitative estimate of drug-likeness (QED) is 0.506. The smallest absolute Gasteiger partial charge is 0.186 e. The first-order chi connectivity index (χ1) is 9.65. The summed E-state index contributed by atoms with van der Waals surface area (Å²) in [6.07, 6.45) is 1.26. The minimum absolute atomic E-state index is 0.470. The molecule has 0 saturated carbocycles. The van der Waals surface area contributed by atoms with Gasteiger partial charge in [0, 0.05) is 13.7 Å². The van der Waals surface area contributed by atoms with Crippen molar-refractivity contribution in [2.75, 3.05) is 20.3 Å². The van der Waals surface area contributed by atoms with Crippen LogP contribution in [0.15, 0.2) is 0 Å². The number of hydrogen-bond donors (Lipinski definition) is 3. The summed E-state index contributed by atoms with van der Waals surface area (Å²) in [5.41, 5.74) is 0. The summed E-state index contributed by atoms with van der Waals surface area (Å²) >= 11 is 0. The molecule has 1 rings (SSSR count). The highest BCUT2D eigenvalue weighted by Crippen LogP contribution is 2.27. The molecule has 1 heterocycles. The van der Waals surface area contributed by atoms with Crippen LogP contribution in [0.1, 0.15) is 39.0 Å². The monoisotopic (exact) mass is 292 g/mol. The van der Waals surface area contributed by atoms with E-state index in [4.69, 9.17) is 19.3 Å². The number of aliphatic hydroxyl groups is 3. The second kappa shape index (κ2) is 9.65. The Balaban J connectivity index is 2.34. The fourth-order valence-corrected chi connectivity index (χ4v) is 2.37. The molecule has 1 aliphatic rings. The lowest BCUT2D eigenvalue weighted by molar-refractivity contribution is -0.175. The maximum absolute atomic E-state index is 10.1. The van der Waals surface area contributed by atoms with E-state index in [1.54, 1.807) is 0 Å². The average Bonchev–Trinajstić information content (AvgIpc) is 2.78. The van der Waals surface area contributed by atoms with Gasteiger partial charge in [0.05, 0.1) is 6.61 Å². The van der Waals surface area contributed by atoms with Gasteiger partial charge in [-0.1, -0.05) is 32.6 Å². The molecule has 120 valence electrons. The molecule has 1 saturated heterocycles. The zero-order chi connectivity index (χ0) is 15.0. The third-order valence-electron chi connectivity index (χ3n) is 3.59. The molecule has 3 N–H and O–H groups in total. The topological polar surface area (TPSA) is 88.4 Å². The fourth-order valence-electron chi connectivity index (χ4n) is 2.37. The Morgan fingerprint density at radius 1 is 1.20 bits per heavy atom. The van der Waals surface area contributed by atoms with E-state index in [-0.39, 0.29) is 0 Å². The van der Waals surface area contributed by atoms with E-state index in [2.05, 4.69) is 6.92 Å². The predicted octanol–water partition coefficient (Wildman–Crippen LogP) is 0.427. The van der Waals surface area contributed by atoms with Crippen LogP contribution in [0.5, 0.6) is 0 Å². The molecular formula is C14H28O6. The molecular weight excluding hydrogens is 264 g/mol. The molecule has 0 aromatic carbocycles. The maximum Gasteiger partial charge on any atom is 0.186 e. The van der Waals surface area contributed by atoms with Gasteiger partial charge in [-0.05, 0) is 6.42 Å². The molecule has 0 spiro atoms. The van der Waals surface area contributed by atoms with Gasteiger partial charge in [-0.3, -0.25) is 0 Å². The van der Waals surface area contributed by atoms with Gasteiger partial charge in [-0.2, -0.15) is 0 Å². The van der Waals surface area contributed by atoms with Crippen molar-refractivity contribution in [3.8, 4) is 0 Å². The summed E-state index contributed by atoms with van der Waals surface area (Å²) < 4.78 is 16.1. The minimum atomic E-state index is -1.14. The Kier molecular flexibility index (Phi) is 8.60. The second-order valence-electron chi connectivity index (χ2n) is 5.19. The summed E-state index contributed by atoms with van der Waals surface area (Å²) in [6.45, 7) is 2.22. The highest BCUT2D eigenvalue weighted by Gasteiger charge is 2.47. The average molecular weight is 292 g/mol. The number of methoxy groups -OCH3 is 1. The molecule has 0 amide bonds. The molecule has 6 nitrogen and oxygen atoms in total. The molecule has 6 heteroatoms. The summed E-state index contributed by atoms with van der Waals surface area (Å²) in [5, 5.41) is 28.6. The fraction of sp³-hybridized carbons (Fsp3) is 1.00. The third-order valence-corrected chi connectivity index (χ3v) is 3.59. The van der Waals surface area contributed by atoms with Crippen LogP contribution in [0, 0.1) is 0 Å². The highest BCUT2D eigenvalue weighted by atomic mass is 16.7. The molecule has 20 heavy (non-hydrogen) atoms. The maximum atomic E-state index is 10.1. The molecule has 0 radical (unpaired) electrons. The van der Waals surface area contributed by atoms with E-state index in [1.807, 2.05) is 0 Å². The largest absolute Gasteiger partial charge is 0.394 e. The Morgan fingerprint density at radius 3 is 2.50 bits per heavy atom. The van der Waals surface area contributed by atoms with Gasteiger partial charge in [0.15, 0.2) is 6.29 Å². The summed E-state index contributed by atoms with van der Waals surface area (Å²) in [6, 6.07) is 0. The van der Waals surface area contributed by atoms with Crippen molar-refractivity contribution in [3.05, 3.63) is 0 Å². The van der Waals surface area contributed by atoms with Crippen molar-refractivity contribution < 1.29 is 29.5 Å². The van der Waals surface area contributed by atoms with Gasteiger partial charge in [0.1, 0.15) is 24.4 Å². The second-order valence-corrected chi connectivity index (χ2v) is 5.19. The van der Waals surface area contributed by atoms with E-state index in [0.717, 1.165) is 12.8 Å². The minimum Gasteiger partial charge on any atom is -0.394 e. The van der Waals surface area contributed by atoms with Gasteiger partial charge in [0.2, 0.25) is 0 Å². The zero-order valence-electron chi connectivity index (χ0n) is 12.4. The van der Waals surface area contributed by atoms with Crippen LogP contribution in [-0.4, -0.2) is 66.3 Å². The Hall–Kier alpha value is -0.240. The van der Waals surface area contributed by atoms with Crippen LogP contribution in [0.2, 0.25) is 0 Å². The first-order valence-electron chi connectivity index (χ1n) is 7.42. The lowest BCUT2D eigenvalue weighted by atomic mass is 10.1. The molecule has 0 aromatic heterocycles. The summed E-state index contributed by atoms with van der Waals surface area (Å²) in [7, 11) is 1.46. The summed E-state index contributed by atoms with van der Waals surface area (Å²) in [4.78, 5) is 0. The molecule has 0 aromatic rings. The first kappa shape index (κ1) is 17.8. The molecule has 0 bridgehead atoms. The van der Waals surface area contributed by atoms with Crippen molar-refractivity contribution in [3.63, 3.8) is 0 Å². The number of aliphatic hydroxyl groups excluding tert-OH is 3. The van der Waals surface area contributed by atoms with Gasteiger partial charge >= 0.3 is 0 Å². The standard InChI is InChI=1S/C14H28O6/c1-3-4-5-6-7-8-19-13-11(17)12(10(16)9-15)20-14(13)18-2/h10-17H,3-9H2,1-2H3/t10-,11+,12-,13-,14?/m1/s1. The third kappa shape index (κ3) is 4.95. The SMILES string of the molecule is CCCCCCCO[C@H]1C(OC)O[C@H]([C@H](O)CO)[C@@H]1O. The molecule has 0 aliphatic carbocycles. The molecule has 1 unspecified atom stereocenters. The van der Waals surface area contributed by atoms with Crippen molar-refractivity contribution in [1.82, 2.24) is 0 Å².